The first-order valence-electron chi connectivity index (χ1n) is 10.2. The highest BCUT2D eigenvalue weighted by molar-refractivity contribution is 8.01. The minimum Gasteiger partial charge on any atom is -0.376 e. The van der Waals surface area contributed by atoms with Crippen LogP contribution in [0.25, 0.3) is 0 Å². The molecule has 158 valence electrons. The first kappa shape index (κ1) is 21.2. The van der Waals surface area contributed by atoms with Gasteiger partial charge in [0.05, 0.1) is 24.3 Å². The summed E-state index contributed by atoms with van der Waals surface area (Å²) in [5.41, 5.74) is 1.74. The number of carbonyl (C=O) groups is 2. The summed E-state index contributed by atoms with van der Waals surface area (Å²) in [5, 5.41) is 3.10. The smallest absolute Gasteiger partial charge is 0.241 e. The van der Waals surface area contributed by atoms with E-state index >= 15 is 0 Å². The Morgan fingerprint density at radius 2 is 2.03 bits per heavy atom. The van der Waals surface area contributed by atoms with Crippen LogP contribution in [0.15, 0.2) is 53.4 Å². The number of rotatable bonds is 6. The normalized spacial score (nSPS) is 21.9. The zero-order valence-electron chi connectivity index (χ0n) is 16.8. The van der Waals surface area contributed by atoms with Crippen LogP contribution >= 0.6 is 23.4 Å². The third-order valence-corrected chi connectivity index (χ3v) is 7.43. The molecule has 1 fully saturated rings. The van der Waals surface area contributed by atoms with Crippen LogP contribution < -0.4 is 10.2 Å². The van der Waals surface area contributed by atoms with Crippen molar-refractivity contribution in [3.05, 3.63) is 59.1 Å². The Bertz CT molecular complexity index is 932. The van der Waals surface area contributed by atoms with Gasteiger partial charge in [-0.3, -0.25) is 9.59 Å². The van der Waals surface area contributed by atoms with E-state index in [0.29, 0.717) is 18.1 Å². The van der Waals surface area contributed by atoms with Crippen molar-refractivity contribution >= 4 is 40.9 Å². The fourth-order valence-corrected chi connectivity index (χ4v) is 5.31. The monoisotopic (exact) mass is 444 g/mol. The summed E-state index contributed by atoms with van der Waals surface area (Å²) in [4.78, 5) is 29.0. The lowest BCUT2D eigenvalue weighted by Crippen LogP contribution is -2.48. The molecule has 3 atom stereocenters. The maximum atomic E-state index is 13.5. The number of para-hydroxylation sites is 1. The van der Waals surface area contributed by atoms with Gasteiger partial charge >= 0.3 is 0 Å². The van der Waals surface area contributed by atoms with Crippen molar-refractivity contribution in [2.75, 3.05) is 18.1 Å². The van der Waals surface area contributed by atoms with E-state index in [1.165, 1.54) is 11.8 Å². The third-order valence-electron chi connectivity index (χ3n) is 5.60. The van der Waals surface area contributed by atoms with E-state index in [4.69, 9.17) is 16.3 Å². The quantitative estimate of drug-likeness (QED) is 0.722. The molecule has 2 heterocycles. The number of carbonyl (C=O) groups excluding carboxylic acids is 2. The molecule has 0 radical (unpaired) electrons. The van der Waals surface area contributed by atoms with Crippen LogP contribution in [0.1, 0.15) is 25.3 Å². The fraction of sp³-hybridized carbons (Fsp3) is 0.391. The van der Waals surface area contributed by atoms with Crippen molar-refractivity contribution in [2.24, 2.45) is 5.92 Å². The number of hydrogen-bond acceptors (Lipinski definition) is 4. The van der Waals surface area contributed by atoms with Crippen LogP contribution in [-0.4, -0.2) is 36.3 Å². The summed E-state index contributed by atoms with van der Waals surface area (Å²) in [7, 11) is 0. The molecule has 2 aliphatic rings. The van der Waals surface area contributed by atoms with E-state index in [-0.39, 0.29) is 17.9 Å². The van der Waals surface area contributed by atoms with Gasteiger partial charge in [0.1, 0.15) is 5.25 Å². The summed E-state index contributed by atoms with van der Waals surface area (Å²) in [6, 6.07) is 15.3. The molecular weight excluding hydrogens is 420 g/mol. The minimum absolute atomic E-state index is 0.0709. The van der Waals surface area contributed by atoms with Gasteiger partial charge in [0.15, 0.2) is 0 Å². The van der Waals surface area contributed by atoms with Crippen molar-refractivity contribution in [3.8, 4) is 0 Å². The number of hydrogen-bond donors (Lipinski definition) is 1. The number of nitrogens with one attached hydrogen (secondary N) is 1. The van der Waals surface area contributed by atoms with Crippen molar-refractivity contribution in [1.29, 1.82) is 0 Å². The SMILES string of the molecule is C[C@H](C(=O)NC[C@H]1CCCO1)[C@@H]1Sc2ccccc2N(Cc2ccccc2Cl)C1=O. The van der Waals surface area contributed by atoms with Crippen LogP contribution in [0.2, 0.25) is 5.02 Å². The number of benzene rings is 2. The Morgan fingerprint density at radius 1 is 1.27 bits per heavy atom. The Morgan fingerprint density at radius 3 is 2.80 bits per heavy atom. The van der Waals surface area contributed by atoms with Gasteiger partial charge in [-0.2, -0.15) is 0 Å². The molecule has 2 aromatic rings. The second-order valence-corrected chi connectivity index (χ2v) is 9.28. The lowest BCUT2D eigenvalue weighted by atomic mass is 10.0. The summed E-state index contributed by atoms with van der Waals surface area (Å²) < 4.78 is 5.58. The molecule has 0 bridgehead atoms. The number of fused-ring (bicyclic) bond motifs is 1. The van der Waals surface area contributed by atoms with E-state index < -0.39 is 11.2 Å². The summed E-state index contributed by atoms with van der Waals surface area (Å²) in [6.07, 6.45) is 2.07. The lowest BCUT2D eigenvalue weighted by molar-refractivity contribution is -0.128. The van der Waals surface area contributed by atoms with Crippen molar-refractivity contribution < 1.29 is 14.3 Å². The van der Waals surface area contributed by atoms with Crippen LogP contribution in [0.5, 0.6) is 0 Å². The van der Waals surface area contributed by atoms with E-state index in [9.17, 15) is 9.59 Å². The average molecular weight is 445 g/mol. The largest absolute Gasteiger partial charge is 0.376 e. The molecule has 0 aliphatic carbocycles. The van der Waals surface area contributed by atoms with Crippen LogP contribution in [0.4, 0.5) is 5.69 Å². The van der Waals surface area contributed by atoms with E-state index in [2.05, 4.69) is 5.32 Å². The molecule has 0 spiro atoms. The van der Waals surface area contributed by atoms with Crippen molar-refractivity contribution in [2.45, 2.75) is 42.6 Å². The second-order valence-electron chi connectivity index (χ2n) is 7.69. The van der Waals surface area contributed by atoms with Crippen molar-refractivity contribution in [3.63, 3.8) is 0 Å². The maximum Gasteiger partial charge on any atom is 0.241 e. The zero-order chi connectivity index (χ0) is 21.1. The summed E-state index contributed by atoms with van der Waals surface area (Å²) >= 11 is 7.81. The zero-order valence-corrected chi connectivity index (χ0v) is 18.4. The summed E-state index contributed by atoms with van der Waals surface area (Å²) in [6.45, 7) is 3.44. The van der Waals surface area contributed by atoms with Gasteiger partial charge in [0, 0.05) is 23.1 Å². The van der Waals surface area contributed by atoms with Gasteiger partial charge in [-0.25, -0.2) is 0 Å². The molecule has 2 amide bonds. The van der Waals surface area contributed by atoms with E-state index in [1.807, 2.05) is 55.5 Å². The topological polar surface area (TPSA) is 58.6 Å². The summed E-state index contributed by atoms with van der Waals surface area (Å²) in [5.74, 6) is -0.655. The van der Waals surface area contributed by atoms with Crippen LogP contribution in [0.3, 0.4) is 0 Å². The third kappa shape index (κ3) is 4.51. The van der Waals surface area contributed by atoms with Gasteiger partial charge in [-0.15, -0.1) is 11.8 Å². The highest BCUT2D eigenvalue weighted by Gasteiger charge is 2.39. The van der Waals surface area contributed by atoms with Gasteiger partial charge in [-0.05, 0) is 36.6 Å². The fourth-order valence-electron chi connectivity index (χ4n) is 3.83. The van der Waals surface area contributed by atoms with Gasteiger partial charge in [0.25, 0.3) is 0 Å². The molecule has 2 aliphatic heterocycles. The minimum atomic E-state index is -0.494. The standard InChI is InChI=1S/C23H25ClN2O3S/c1-15(22(27)25-13-17-8-6-12-29-17)21-23(28)26(14-16-7-2-3-9-18(16)24)19-10-4-5-11-20(19)30-21/h2-5,7,9-11,15,17,21H,6,8,12-14H2,1H3,(H,25,27)/t15-,17+,21-/m0/s1. The number of amides is 2. The number of nitrogens with zero attached hydrogens (tertiary/aromatic N) is 1. The highest BCUT2D eigenvalue weighted by Crippen LogP contribution is 2.42. The van der Waals surface area contributed by atoms with Crippen LogP contribution in [-0.2, 0) is 20.9 Å². The Kier molecular flexibility index (Phi) is 6.66. The first-order valence-corrected chi connectivity index (χ1v) is 11.5. The van der Waals surface area contributed by atoms with Crippen LogP contribution in [0, 0.1) is 5.92 Å². The molecule has 1 N–H and O–H groups in total. The second kappa shape index (κ2) is 9.41. The Labute approximate surface area is 186 Å². The number of ether oxygens (including phenoxy) is 1. The predicted molar refractivity (Wildman–Crippen MR) is 120 cm³/mol. The number of anilines is 1. The molecule has 4 rings (SSSR count). The predicted octanol–water partition coefficient (Wildman–Crippen LogP) is 4.28. The Balaban J connectivity index is 1.53. The molecule has 5 nitrogen and oxygen atoms in total. The van der Waals surface area contributed by atoms with Gasteiger partial charge in [-0.1, -0.05) is 48.9 Å². The number of thioether (sulfide) groups is 1. The highest BCUT2D eigenvalue weighted by atomic mass is 35.5. The average Bonchev–Trinajstić information content (AvgIpc) is 3.28. The van der Waals surface area contributed by atoms with Gasteiger partial charge in [0.2, 0.25) is 11.8 Å². The molecule has 7 heteroatoms. The molecule has 1 saturated heterocycles. The van der Waals surface area contributed by atoms with E-state index in [0.717, 1.165) is 35.6 Å². The molecule has 2 aromatic carbocycles. The molecule has 0 saturated carbocycles. The van der Waals surface area contributed by atoms with Crippen molar-refractivity contribution in [1.82, 2.24) is 5.32 Å². The van der Waals surface area contributed by atoms with E-state index in [1.54, 1.807) is 4.90 Å². The lowest BCUT2D eigenvalue weighted by Gasteiger charge is -2.36. The maximum absolute atomic E-state index is 13.5. The molecule has 0 aromatic heterocycles. The Hall–Kier alpha value is -2.02. The first-order chi connectivity index (χ1) is 14.5. The molecule has 0 unspecified atom stereocenters. The molecular formula is C23H25ClN2O3S. The molecule has 30 heavy (non-hydrogen) atoms. The number of halogens is 1. The van der Waals surface area contributed by atoms with Gasteiger partial charge < -0.3 is 15.0 Å².